The van der Waals surface area contributed by atoms with E-state index in [1.165, 1.54) is 15.5 Å². The molecule has 9 rings (SSSR count). The molecule has 2 saturated heterocycles. The molecule has 6 aromatic rings. The molecular formula is C57H68F2N10O7S2. The maximum atomic E-state index is 15.6. The molecule has 4 aromatic heterocycles. The number of nitrogens with zero attached hydrogens (tertiary/aromatic N) is 6. The molecular weight excluding hydrogens is 1040 g/mol. The Morgan fingerprint density at radius 2 is 1.71 bits per heavy atom. The first-order valence-corrected chi connectivity index (χ1v) is 29.6. The molecule has 2 unspecified atom stereocenters. The molecule has 7 heterocycles. The van der Waals surface area contributed by atoms with Crippen LogP contribution >= 0.6 is 11.3 Å². The van der Waals surface area contributed by atoms with Gasteiger partial charge in [-0.1, -0.05) is 51.5 Å². The lowest BCUT2D eigenvalue weighted by molar-refractivity contribution is -0.143. The second-order valence-corrected chi connectivity index (χ2v) is 25.2. The van der Waals surface area contributed by atoms with Gasteiger partial charge in [-0.15, -0.1) is 11.3 Å². The number of hydrogen-bond donors (Lipinski definition) is 4. The molecule has 0 radical (unpaired) electrons. The zero-order valence-corrected chi connectivity index (χ0v) is 46.6. The highest BCUT2D eigenvalue weighted by Gasteiger charge is 2.42. The van der Waals surface area contributed by atoms with Gasteiger partial charge in [-0.2, -0.15) is 0 Å². The molecule has 2 atom stereocenters. The highest BCUT2D eigenvalue weighted by Crippen LogP contribution is 2.45. The molecule has 17 nitrogen and oxygen atoms in total. The molecule has 2 aromatic carbocycles. The van der Waals surface area contributed by atoms with Crippen LogP contribution in [0.3, 0.4) is 0 Å². The number of fused-ring (bicyclic) bond motifs is 2. The summed E-state index contributed by atoms with van der Waals surface area (Å²) in [7, 11) is -2.08. The topological polar surface area (TPSA) is 212 Å². The summed E-state index contributed by atoms with van der Waals surface area (Å²) in [6.07, 6.45) is 10.8. The molecule has 3 aliphatic rings. The number of pyridine rings is 2. The second kappa shape index (κ2) is 23.2. The molecule has 21 heteroatoms. The lowest BCUT2D eigenvalue weighted by atomic mass is 9.85. The predicted molar refractivity (Wildman–Crippen MR) is 298 cm³/mol. The Balaban J connectivity index is 0.756. The minimum absolute atomic E-state index is 0.000239. The third-order valence-corrected chi connectivity index (χ3v) is 17.1. The van der Waals surface area contributed by atoms with Crippen LogP contribution in [0.25, 0.3) is 32.5 Å². The Hall–Kier alpha value is -6.84. The van der Waals surface area contributed by atoms with E-state index in [-0.39, 0.29) is 59.1 Å². The van der Waals surface area contributed by atoms with Crippen LogP contribution in [0.5, 0.6) is 0 Å². The number of aromatic nitrogens is 4. The molecule has 0 saturated carbocycles. The second-order valence-electron chi connectivity index (χ2n) is 22.2. The van der Waals surface area contributed by atoms with Crippen molar-refractivity contribution < 1.29 is 36.4 Å². The summed E-state index contributed by atoms with van der Waals surface area (Å²) < 4.78 is 57.0. The van der Waals surface area contributed by atoms with E-state index < -0.39 is 50.6 Å². The summed E-state index contributed by atoms with van der Waals surface area (Å²) >= 11 is 1.59. The third kappa shape index (κ3) is 12.5. The zero-order valence-electron chi connectivity index (χ0n) is 45.0. The van der Waals surface area contributed by atoms with E-state index in [1.807, 2.05) is 57.5 Å². The number of hydrogen-bond acceptors (Lipinski definition) is 12. The number of amides is 4. The highest BCUT2D eigenvalue weighted by atomic mass is 32.2. The number of halogens is 2. The maximum Gasteiger partial charge on any atom is 0.274 e. The lowest BCUT2D eigenvalue weighted by Gasteiger charge is -2.35. The number of piperidine rings is 1. The number of anilines is 2. The molecule has 78 heavy (non-hydrogen) atoms. The monoisotopic (exact) mass is 1110 g/mol. The Bertz CT molecular complexity index is 3420. The first kappa shape index (κ1) is 55.9. The van der Waals surface area contributed by atoms with Crippen molar-refractivity contribution >= 4 is 67.2 Å². The van der Waals surface area contributed by atoms with Gasteiger partial charge >= 0.3 is 0 Å². The summed E-state index contributed by atoms with van der Waals surface area (Å²) in [6, 6.07) is 10.5. The number of aromatic amines is 1. The summed E-state index contributed by atoms with van der Waals surface area (Å²) in [5, 5.41) is 9.67. The van der Waals surface area contributed by atoms with Gasteiger partial charge < -0.3 is 40.2 Å². The molecule has 3 aliphatic heterocycles. The fourth-order valence-corrected chi connectivity index (χ4v) is 12.7. The minimum atomic E-state index is -3.67. The highest BCUT2D eigenvalue weighted by molar-refractivity contribution is 7.89. The van der Waals surface area contributed by atoms with Crippen molar-refractivity contribution in [1.82, 2.24) is 45.3 Å². The van der Waals surface area contributed by atoms with Crippen molar-refractivity contribution in [2.24, 2.45) is 18.4 Å². The van der Waals surface area contributed by atoms with Gasteiger partial charge in [-0.3, -0.25) is 24.0 Å². The van der Waals surface area contributed by atoms with Crippen molar-refractivity contribution in [3.63, 3.8) is 0 Å². The van der Waals surface area contributed by atoms with E-state index in [0.717, 1.165) is 85.5 Å². The van der Waals surface area contributed by atoms with Gasteiger partial charge in [0.1, 0.15) is 23.4 Å². The lowest BCUT2D eigenvalue weighted by Crippen LogP contribution is -2.57. The Labute approximate surface area is 457 Å². The number of carbonyl (C=O) groups is 4. The zero-order chi connectivity index (χ0) is 55.6. The van der Waals surface area contributed by atoms with E-state index >= 15 is 4.39 Å². The van der Waals surface area contributed by atoms with Crippen molar-refractivity contribution in [1.29, 1.82) is 0 Å². The van der Waals surface area contributed by atoms with Gasteiger partial charge in [-0.05, 0) is 111 Å². The van der Waals surface area contributed by atoms with Crippen LogP contribution in [0.4, 0.5) is 20.3 Å². The first-order chi connectivity index (χ1) is 37.1. The SMILES string of the molecule is Cc1ncsc1-c1ccc(CNC(=O)C2CCCN2C(=O)C(NC(=O)CCCCCN2CCC(CNC(=O)c3cc4c(cc3CS(C)(=O)=O)-c3cn(C)c(=O)c5[nH]cc(c35)CN4c3ncc(F)cc3F)CC2)C(C)(C)C)cc1. The fraction of sp³-hybridized carbons (Fsp3) is 0.456. The van der Waals surface area contributed by atoms with E-state index in [1.54, 1.807) is 41.7 Å². The van der Waals surface area contributed by atoms with Crippen LogP contribution in [-0.4, -0.2) is 112 Å². The molecule has 4 amide bonds. The smallest absolute Gasteiger partial charge is 0.274 e. The van der Waals surface area contributed by atoms with Crippen LogP contribution in [-0.2, 0) is 50.1 Å². The number of benzene rings is 2. The summed E-state index contributed by atoms with van der Waals surface area (Å²) in [4.78, 5) is 86.6. The molecule has 414 valence electrons. The fourth-order valence-electron chi connectivity index (χ4n) is 11.1. The van der Waals surface area contributed by atoms with E-state index in [9.17, 15) is 36.8 Å². The number of nitrogens with one attached hydrogen (secondary N) is 4. The summed E-state index contributed by atoms with van der Waals surface area (Å²) in [5.41, 5.74) is 6.52. The van der Waals surface area contributed by atoms with Crippen molar-refractivity contribution in [3.05, 3.63) is 117 Å². The summed E-state index contributed by atoms with van der Waals surface area (Å²) in [6.45, 7) is 11.3. The number of unbranched alkanes of at least 4 members (excludes halogenated alkanes) is 2. The number of likely N-dealkylation sites (tertiary alicyclic amines) is 2. The Kier molecular flexibility index (Phi) is 16.7. The number of carbonyl (C=O) groups excluding carboxylic acids is 4. The van der Waals surface area contributed by atoms with Gasteiger partial charge in [0.15, 0.2) is 21.5 Å². The van der Waals surface area contributed by atoms with Crippen LogP contribution < -0.4 is 26.4 Å². The van der Waals surface area contributed by atoms with Crippen LogP contribution in [0.15, 0.2) is 71.4 Å². The molecule has 0 bridgehead atoms. The number of aryl methyl sites for hydroxylation is 2. The molecule has 4 N–H and O–H groups in total. The average Bonchev–Trinajstić information content (AvgIpc) is 4.26. The van der Waals surface area contributed by atoms with E-state index in [2.05, 4.69) is 35.8 Å². The number of H-pyrrole nitrogens is 1. The quantitative estimate of drug-likeness (QED) is 0.0614. The van der Waals surface area contributed by atoms with Crippen LogP contribution in [0.2, 0.25) is 0 Å². The number of rotatable bonds is 18. The van der Waals surface area contributed by atoms with E-state index in [4.69, 9.17) is 0 Å². The van der Waals surface area contributed by atoms with Crippen molar-refractivity contribution in [3.8, 4) is 21.6 Å². The van der Waals surface area contributed by atoms with Gasteiger partial charge in [-0.25, -0.2) is 27.2 Å². The van der Waals surface area contributed by atoms with Crippen molar-refractivity contribution in [2.45, 2.75) is 110 Å². The van der Waals surface area contributed by atoms with Crippen molar-refractivity contribution in [2.75, 3.05) is 43.9 Å². The normalized spacial score (nSPS) is 16.5. The predicted octanol–water partition coefficient (Wildman–Crippen LogP) is 7.68. The van der Waals surface area contributed by atoms with Crippen LogP contribution in [0.1, 0.15) is 105 Å². The standard InChI is InChI=1S/C57H68F2N10O7S2/c1-34-50(77-33-64-34)37-15-13-35(14-16-37)26-63-54(72)45-11-10-20-68(45)56(74)51(57(2,3)4)65-47(70)12-8-7-9-19-67-21-17-36(18-22-67)27-62-53(71)41-25-46-42(23-38(41)32-78(6,75)76)43-31-66(5)55(73)49-48(43)39(28-60-49)30-69(46)52-44(59)24-40(58)29-61-52/h13-16,23-25,28-29,31,33,36,45,51,60H,7-12,17-22,26-27,30,32H2,1-6H3,(H,62,71)(H,63,72)(H,65,70). The Morgan fingerprint density at radius 1 is 0.949 bits per heavy atom. The maximum absolute atomic E-state index is 15.6. The molecule has 0 spiro atoms. The van der Waals surface area contributed by atoms with Gasteiger partial charge in [0, 0.05) is 79.9 Å². The minimum Gasteiger partial charge on any atom is -0.356 e. The van der Waals surface area contributed by atoms with Gasteiger partial charge in [0.05, 0.1) is 40.3 Å². The summed E-state index contributed by atoms with van der Waals surface area (Å²) in [5.74, 6) is -3.49. The number of sulfone groups is 1. The largest absolute Gasteiger partial charge is 0.356 e. The van der Waals surface area contributed by atoms with E-state index in [0.29, 0.717) is 72.2 Å². The molecule has 0 aliphatic carbocycles. The van der Waals surface area contributed by atoms with Gasteiger partial charge in [0.2, 0.25) is 17.7 Å². The number of thiazole rings is 1. The average molecular weight is 1110 g/mol. The first-order valence-electron chi connectivity index (χ1n) is 26.6. The van der Waals surface area contributed by atoms with Crippen LogP contribution in [0, 0.1) is 29.9 Å². The Morgan fingerprint density at radius 3 is 2.40 bits per heavy atom. The van der Waals surface area contributed by atoms with Gasteiger partial charge in [0.25, 0.3) is 11.5 Å². The third-order valence-electron chi connectivity index (χ3n) is 15.2. The molecule has 2 fully saturated rings.